The van der Waals surface area contributed by atoms with E-state index in [-0.39, 0.29) is 12.4 Å². The highest BCUT2D eigenvalue weighted by molar-refractivity contribution is 5.70. The number of nitrogens with zero attached hydrogens (tertiary/aromatic N) is 1. The first-order valence-electron chi connectivity index (χ1n) is 8.83. The van der Waals surface area contributed by atoms with Crippen molar-refractivity contribution in [3.05, 3.63) is 0 Å². The standard InChI is InChI=1S/C18H35NO4/c1-6-10-15(2)11-8-7-9-12-18(22)23-16(13-17(20)21)14-19(3,4)5/h15-16H,6-14H2,1-5H3. The molecule has 0 aromatic rings. The first-order chi connectivity index (χ1) is 10.6. The van der Waals surface area contributed by atoms with Gasteiger partial charge in [-0.05, 0) is 12.3 Å². The van der Waals surface area contributed by atoms with Crippen LogP contribution in [0.5, 0.6) is 0 Å². The number of rotatable bonds is 13. The number of carbonyl (C=O) groups excluding carboxylic acids is 2. The van der Waals surface area contributed by atoms with E-state index < -0.39 is 12.1 Å². The average Bonchev–Trinajstić information content (AvgIpc) is 2.35. The van der Waals surface area contributed by atoms with Crippen LogP contribution in [-0.2, 0) is 14.3 Å². The van der Waals surface area contributed by atoms with Crippen molar-refractivity contribution in [3.63, 3.8) is 0 Å². The van der Waals surface area contributed by atoms with E-state index >= 15 is 0 Å². The van der Waals surface area contributed by atoms with Gasteiger partial charge in [-0.1, -0.05) is 46.0 Å². The average molecular weight is 329 g/mol. The summed E-state index contributed by atoms with van der Waals surface area (Å²) in [5.74, 6) is -0.726. The molecule has 5 nitrogen and oxygen atoms in total. The van der Waals surface area contributed by atoms with E-state index in [0.29, 0.717) is 17.4 Å². The second-order valence-electron chi connectivity index (χ2n) is 7.65. The van der Waals surface area contributed by atoms with Crippen LogP contribution in [-0.4, -0.2) is 50.2 Å². The van der Waals surface area contributed by atoms with E-state index in [0.717, 1.165) is 25.2 Å². The van der Waals surface area contributed by atoms with Crippen LogP contribution in [0.25, 0.3) is 0 Å². The molecule has 0 bridgehead atoms. The molecule has 0 aliphatic heterocycles. The second-order valence-corrected chi connectivity index (χ2v) is 7.65. The SMILES string of the molecule is CCCC(C)CCCCCC(=O)OC(CC(=O)[O-])C[N+](C)(C)C. The number of unbranched alkanes of at least 4 members (excludes halogenated alkanes) is 2. The van der Waals surface area contributed by atoms with Gasteiger partial charge in [-0.25, -0.2) is 0 Å². The molecule has 0 amide bonds. The Morgan fingerprint density at radius 3 is 2.26 bits per heavy atom. The van der Waals surface area contributed by atoms with Gasteiger partial charge >= 0.3 is 5.97 Å². The quantitative estimate of drug-likeness (QED) is 0.295. The third-order valence-electron chi connectivity index (χ3n) is 3.80. The normalized spacial score (nSPS) is 14.3. The van der Waals surface area contributed by atoms with Crippen LogP contribution < -0.4 is 5.11 Å². The Labute approximate surface area is 141 Å². The molecular weight excluding hydrogens is 294 g/mol. The largest absolute Gasteiger partial charge is 0.550 e. The first kappa shape index (κ1) is 21.9. The van der Waals surface area contributed by atoms with Gasteiger partial charge in [0.2, 0.25) is 0 Å². The summed E-state index contributed by atoms with van der Waals surface area (Å²) in [6, 6.07) is 0. The lowest BCUT2D eigenvalue weighted by molar-refractivity contribution is -0.873. The number of carboxylic acid groups (broad SMARTS) is 1. The van der Waals surface area contributed by atoms with Crippen LogP contribution in [0.15, 0.2) is 0 Å². The van der Waals surface area contributed by atoms with Gasteiger partial charge in [-0.2, -0.15) is 0 Å². The first-order valence-corrected chi connectivity index (χ1v) is 8.83. The molecule has 0 radical (unpaired) electrons. The second kappa shape index (κ2) is 11.4. The van der Waals surface area contributed by atoms with E-state index in [1.807, 2.05) is 21.1 Å². The van der Waals surface area contributed by atoms with Gasteiger partial charge in [0.25, 0.3) is 0 Å². The fourth-order valence-electron chi connectivity index (χ4n) is 2.76. The number of ether oxygens (including phenoxy) is 1. The summed E-state index contributed by atoms with van der Waals surface area (Å²) in [6.45, 7) is 4.94. The lowest BCUT2D eigenvalue weighted by Gasteiger charge is -2.29. The van der Waals surface area contributed by atoms with Crippen LogP contribution in [0.4, 0.5) is 0 Å². The number of quaternary nitrogens is 1. The van der Waals surface area contributed by atoms with Crippen LogP contribution in [0, 0.1) is 5.92 Å². The summed E-state index contributed by atoms with van der Waals surface area (Å²) in [5, 5.41) is 10.8. The van der Waals surface area contributed by atoms with E-state index in [2.05, 4.69) is 13.8 Å². The van der Waals surface area contributed by atoms with Crippen LogP contribution in [0.2, 0.25) is 0 Å². The zero-order valence-electron chi connectivity index (χ0n) is 15.6. The molecule has 0 saturated carbocycles. The number of hydrogen-bond donors (Lipinski definition) is 0. The van der Waals surface area contributed by atoms with Gasteiger partial charge in [0, 0.05) is 18.8 Å². The Morgan fingerprint density at radius 1 is 1.09 bits per heavy atom. The van der Waals surface area contributed by atoms with Gasteiger partial charge in [0.1, 0.15) is 6.54 Å². The maximum absolute atomic E-state index is 11.9. The molecule has 0 aromatic heterocycles. The lowest BCUT2D eigenvalue weighted by atomic mass is 9.98. The monoisotopic (exact) mass is 329 g/mol. The predicted octanol–water partition coefficient (Wildman–Crippen LogP) is 2.13. The summed E-state index contributed by atoms with van der Waals surface area (Å²) in [6.07, 6.45) is 6.16. The Morgan fingerprint density at radius 2 is 1.74 bits per heavy atom. The lowest BCUT2D eigenvalue weighted by Crippen LogP contribution is -2.45. The highest BCUT2D eigenvalue weighted by atomic mass is 16.5. The topological polar surface area (TPSA) is 66.4 Å². The van der Waals surface area contributed by atoms with Gasteiger partial charge in [-0.15, -0.1) is 0 Å². The zero-order valence-corrected chi connectivity index (χ0v) is 15.6. The highest BCUT2D eigenvalue weighted by Gasteiger charge is 2.22. The van der Waals surface area contributed by atoms with Crippen molar-refractivity contribution in [1.82, 2.24) is 0 Å². The number of esters is 1. The van der Waals surface area contributed by atoms with Crippen LogP contribution in [0.1, 0.15) is 65.2 Å². The van der Waals surface area contributed by atoms with Crippen molar-refractivity contribution >= 4 is 11.9 Å². The predicted molar refractivity (Wildman–Crippen MR) is 89.6 cm³/mol. The Balaban J connectivity index is 4.01. The number of hydrogen-bond acceptors (Lipinski definition) is 4. The minimum absolute atomic E-state index is 0.240. The third kappa shape index (κ3) is 14.2. The summed E-state index contributed by atoms with van der Waals surface area (Å²) in [5.41, 5.74) is 0. The van der Waals surface area contributed by atoms with Crippen LogP contribution >= 0.6 is 0 Å². The van der Waals surface area contributed by atoms with Crippen molar-refractivity contribution in [1.29, 1.82) is 0 Å². The summed E-state index contributed by atoms with van der Waals surface area (Å²) < 4.78 is 5.87. The Kier molecular flexibility index (Phi) is 10.9. The fraction of sp³-hybridized carbons (Fsp3) is 0.889. The molecule has 0 aromatic carbocycles. The third-order valence-corrected chi connectivity index (χ3v) is 3.80. The summed E-state index contributed by atoms with van der Waals surface area (Å²) in [4.78, 5) is 22.7. The van der Waals surface area contributed by atoms with E-state index in [1.54, 1.807) is 0 Å². The van der Waals surface area contributed by atoms with Crippen LogP contribution in [0.3, 0.4) is 0 Å². The minimum atomic E-state index is -1.18. The van der Waals surface area contributed by atoms with Crippen molar-refractivity contribution < 1.29 is 23.9 Å². The number of carbonyl (C=O) groups is 2. The molecule has 0 spiro atoms. The minimum Gasteiger partial charge on any atom is -0.550 e. The molecule has 0 heterocycles. The summed E-state index contributed by atoms with van der Waals surface area (Å²) in [7, 11) is 5.81. The number of likely N-dealkylation sites (N-methyl/N-ethyl adjacent to an activating group) is 1. The Hall–Kier alpha value is -1.10. The molecule has 2 unspecified atom stereocenters. The zero-order chi connectivity index (χ0) is 17.9. The van der Waals surface area contributed by atoms with Gasteiger partial charge in [0.15, 0.2) is 6.10 Å². The maximum Gasteiger partial charge on any atom is 0.306 e. The van der Waals surface area contributed by atoms with Crippen molar-refractivity contribution in [2.24, 2.45) is 5.92 Å². The number of aliphatic carboxylic acids is 1. The number of carboxylic acids is 1. The molecule has 0 rings (SSSR count). The highest BCUT2D eigenvalue weighted by Crippen LogP contribution is 2.15. The molecular formula is C18H35NO4. The maximum atomic E-state index is 11.9. The van der Waals surface area contributed by atoms with Gasteiger partial charge in [-0.3, -0.25) is 4.79 Å². The molecule has 0 fully saturated rings. The molecule has 23 heavy (non-hydrogen) atoms. The Bertz CT molecular complexity index is 349. The molecule has 5 heteroatoms. The van der Waals surface area contributed by atoms with Gasteiger partial charge < -0.3 is 19.1 Å². The van der Waals surface area contributed by atoms with Crippen molar-refractivity contribution in [3.8, 4) is 0 Å². The summed E-state index contributed by atoms with van der Waals surface area (Å²) >= 11 is 0. The molecule has 136 valence electrons. The van der Waals surface area contributed by atoms with Crippen molar-refractivity contribution in [2.75, 3.05) is 27.7 Å². The molecule has 0 N–H and O–H groups in total. The molecule has 2 atom stereocenters. The smallest absolute Gasteiger partial charge is 0.306 e. The molecule has 0 aliphatic rings. The van der Waals surface area contributed by atoms with Crippen molar-refractivity contribution in [2.45, 2.75) is 71.3 Å². The van der Waals surface area contributed by atoms with Gasteiger partial charge in [0.05, 0.1) is 21.1 Å². The molecule has 0 aliphatic carbocycles. The van der Waals surface area contributed by atoms with E-state index in [4.69, 9.17) is 4.74 Å². The molecule has 0 saturated heterocycles. The van der Waals surface area contributed by atoms with E-state index in [1.165, 1.54) is 19.3 Å². The van der Waals surface area contributed by atoms with E-state index in [9.17, 15) is 14.7 Å². The fourth-order valence-corrected chi connectivity index (χ4v) is 2.76.